The molecule has 4 aliphatic carbocycles. The Morgan fingerprint density at radius 1 is 0.605 bits per heavy atom. The van der Waals surface area contributed by atoms with Crippen LogP contribution in [0.4, 0.5) is 0 Å². The maximum Gasteiger partial charge on any atom is 0.187 e. The first-order valence-corrected chi connectivity index (χ1v) is 27.4. The Morgan fingerprint density at radius 3 is 1.82 bits per heavy atom. The maximum atomic E-state index is 12.8. The molecule has 8 fully saturated rings. The van der Waals surface area contributed by atoms with E-state index in [1.54, 1.807) is 0 Å². The van der Waals surface area contributed by atoms with Gasteiger partial charge in [0.1, 0.15) is 91.6 Å². The number of hydrogen-bond donors (Lipinski definition) is 15. The standard InChI is InChI=1S/C53H90O23/c1-22(2)10-9-13-53(8,76-47-42(68)38(64)36(62)29(73-47)21-70-45-40(66)33(59)26(58)20-69-45)23-11-15-51(6)32(23)24(56)16-30-50(5)14-12-31(49(3,4)44(50)25(57)17-52(30,51)7)74-48-43(39(65)35(61)28(19-55)72-48)75-46-41(67)37(63)34(60)27(18-54)71-46/h10,23-48,54-68H,9,11-21H2,1-8H3/t23-,24-,25+,26-,27-,28-,29-,30-,31-,32+,33+,34-,35-,36-,37+,38+,39+,40-,41-,42-,43-,44-,45+,46+,47+,48+,50-,51+,52-,53-/m0/s1. The molecule has 23 heteroatoms. The van der Waals surface area contributed by atoms with E-state index in [0.717, 1.165) is 5.57 Å². The summed E-state index contributed by atoms with van der Waals surface area (Å²) in [5, 5.41) is 164. The van der Waals surface area contributed by atoms with Gasteiger partial charge in [-0.2, -0.15) is 0 Å². The quantitative estimate of drug-likeness (QED) is 0.0591. The van der Waals surface area contributed by atoms with Crippen LogP contribution in [-0.4, -0.2) is 244 Å². The highest BCUT2D eigenvalue weighted by atomic mass is 16.8. The van der Waals surface area contributed by atoms with Crippen molar-refractivity contribution in [2.24, 2.45) is 45.3 Å². The molecule has 30 atom stereocenters. The third kappa shape index (κ3) is 10.5. The molecule has 0 unspecified atom stereocenters. The van der Waals surface area contributed by atoms with E-state index in [4.69, 9.17) is 37.9 Å². The predicted molar refractivity (Wildman–Crippen MR) is 262 cm³/mol. The minimum Gasteiger partial charge on any atom is -0.394 e. The Balaban J connectivity index is 1.03. The van der Waals surface area contributed by atoms with E-state index in [2.05, 4.69) is 26.8 Å². The van der Waals surface area contributed by atoms with Crippen LogP contribution in [0.1, 0.15) is 107 Å². The van der Waals surface area contributed by atoms with Gasteiger partial charge in [0, 0.05) is 0 Å². The molecule has 0 aromatic heterocycles. The summed E-state index contributed by atoms with van der Waals surface area (Å²) in [6, 6.07) is 0. The number of fused-ring (bicyclic) bond motifs is 5. The van der Waals surface area contributed by atoms with Crippen molar-refractivity contribution < 1.29 is 114 Å². The van der Waals surface area contributed by atoms with Crippen LogP contribution in [0.25, 0.3) is 0 Å². The lowest BCUT2D eigenvalue weighted by atomic mass is 9.34. The van der Waals surface area contributed by atoms with Gasteiger partial charge in [0.2, 0.25) is 0 Å². The molecular weight excluding hydrogens is 1000 g/mol. The first kappa shape index (κ1) is 60.9. The normalized spacial score (nSPS) is 53.2. The van der Waals surface area contributed by atoms with Crippen LogP contribution in [0.15, 0.2) is 11.6 Å². The minimum atomic E-state index is -1.85. The van der Waals surface area contributed by atoms with Gasteiger partial charge in [0.05, 0.1) is 50.3 Å². The maximum absolute atomic E-state index is 12.8. The third-order valence-corrected chi connectivity index (χ3v) is 20.4. The van der Waals surface area contributed by atoms with Gasteiger partial charge in [-0.3, -0.25) is 0 Å². The van der Waals surface area contributed by atoms with Gasteiger partial charge in [0.25, 0.3) is 0 Å². The molecule has 8 aliphatic rings. The van der Waals surface area contributed by atoms with E-state index in [1.165, 1.54) is 0 Å². The van der Waals surface area contributed by atoms with Crippen molar-refractivity contribution >= 4 is 0 Å². The smallest absolute Gasteiger partial charge is 0.187 e. The lowest BCUT2D eigenvalue weighted by Gasteiger charge is -2.71. The van der Waals surface area contributed by atoms with Crippen molar-refractivity contribution in [2.75, 3.05) is 26.4 Å². The lowest BCUT2D eigenvalue weighted by Crippen LogP contribution is -2.70. The zero-order valence-electron chi connectivity index (χ0n) is 45.0. The molecule has 0 aromatic rings. The molecule has 4 aliphatic heterocycles. The largest absolute Gasteiger partial charge is 0.394 e. The van der Waals surface area contributed by atoms with E-state index < -0.39 is 188 Å². The second kappa shape index (κ2) is 22.9. The SMILES string of the molecule is CC(C)=CCC[C@](C)(O[C@H]1O[C@@H](CO[C@H]2OC[C@H](O)[C@@H](O)[C@@H]2O)[C@H](O)[C@@H](O)[C@@H]1O)[C@H]1CC[C@]2(C)[C@H]1[C@@H](O)C[C@H]1[C@]3(C)CC[C@H](O[C@H]4O[C@@H](CO)[C@H](O)[C@@H](O)[C@@H]4O[C@H]4O[C@@H](CO)[C@H](O)[C@@H](O)[C@@H]4O)C(C)(C)[C@@H]3[C@H](O)C[C@@]12C. The van der Waals surface area contributed by atoms with Crippen LogP contribution in [0.5, 0.6) is 0 Å². The molecule has 4 saturated carbocycles. The van der Waals surface area contributed by atoms with Crippen LogP contribution >= 0.6 is 0 Å². The van der Waals surface area contributed by atoms with E-state index in [-0.39, 0.29) is 24.4 Å². The summed E-state index contributed by atoms with van der Waals surface area (Å²) < 4.78 is 48.6. The highest BCUT2D eigenvalue weighted by molar-refractivity contribution is 5.22. The summed E-state index contributed by atoms with van der Waals surface area (Å²) in [5.74, 6) is -1.26. The topological polar surface area (TPSA) is 377 Å². The highest BCUT2D eigenvalue weighted by Gasteiger charge is 2.74. The molecule has 0 aromatic carbocycles. The molecule has 4 saturated heterocycles. The van der Waals surface area contributed by atoms with Crippen LogP contribution in [0.3, 0.4) is 0 Å². The summed E-state index contributed by atoms with van der Waals surface area (Å²) in [7, 11) is 0. The van der Waals surface area contributed by atoms with E-state index in [1.807, 2.05) is 34.6 Å². The molecule has 0 amide bonds. The number of allylic oxidation sites excluding steroid dienone is 2. The summed E-state index contributed by atoms with van der Waals surface area (Å²) in [6.07, 6.45) is -26.5. The Morgan fingerprint density at radius 2 is 1.18 bits per heavy atom. The number of rotatable bonds is 15. The van der Waals surface area contributed by atoms with Crippen molar-refractivity contribution in [1.82, 2.24) is 0 Å². The van der Waals surface area contributed by atoms with Gasteiger partial charge in [-0.15, -0.1) is 0 Å². The molecule has 0 spiro atoms. The molecule has 76 heavy (non-hydrogen) atoms. The number of aliphatic hydroxyl groups is 15. The molecule has 4 heterocycles. The second-order valence-corrected chi connectivity index (χ2v) is 25.5. The monoisotopic (exact) mass is 1090 g/mol. The van der Waals surface area contributed by atoms with Crippen LogP contribution in [-0.2, 0) is 37.9 Å². The molecule has 15 N–H and O–H groups in total. The molecule has 23 nitrogen and oxygen atoms in total. The van der Waals surface area contributed by atoms with E-state index >= 15 is 0 Å². The fourth-order valence-corrected chi connectivity index (χ4v) is 16.2. The summed E-state index contributed by atoms with van der Waals surface area (Å²) in [5.41, 5.74) is -2.59. The minimum absolute atomic E-state index is 0.123. The van der Waals surface area contributed by atoms with Crippen molar-refractivity contribution in [2.45, 2.75) is 247 Å². The molecule has 8 rings (SSSR count). The zero-order valence-corrected chi connectivity index (χ0v) is 45.0. The average molecular weight is 1100 g/mol. The second-order valence-electron chi connectivity index (χ2n) is 25.5. The summed E-state index contributed by atoms with van der Waals surface area (Å²) in [6.45, 7) is 14.2. The number of aliphatic hydroxyl groups excluding tert-OH is 15. The molecule has 0 bridgehead atoms. The predicted octanol–water partition coefficient (Wildman–Crippen LogP) is -2.59. The molecule has 0 radical (unpaired) electrons. The average Bonchev–Trinajstić information content (AvgIpc) is 3.75. The van der Waals surface area contributed by atoms with Crippen molar-refractivity contribution in [1.29, 1.82) is 0 Å². The lowest BCUT2D eigenvalue weighted by molar-refractivity contribution is -0.380. The van der Waals surface area contributed by atoms with Gasteiger partial charge >= 0.3 is 0 Å². The van der Waals surface area contributed by atoms with Crippen LogP contribution < -0.4 is 0 Å². The van der Waals surface area contributed by atoms with Gasteiger partial charge in [0.15, 0.2) is 25.2 Å². The third-order valence-electron chi connectivity index (χ3n) is 20.4. The van der Waals surface area contributed by atoms with Gasteiger partial charge in [-0.25, -0.2) is 0 Å². The Hall–Kier alpha value is -1.18. The number of hydrogen-bond acceptors (Lipinski definition) is 23. The Labute approximate surface area is 444 Å². The molecular formula is C53H90O23. The van der Waals surface area contributed by atoms with E-state index in [9.17, 15) is 76.6 Å². The first-order chi connectivity index (χ1) is 35.5. The van der Waals surface area contributed by atoms with Crippen LogP contribution in [0, 0.1) is 45.3 Å². The highest BCUT2D eigenvalue weighted by Crippen LogP contribution is 2.76. The van der Waals surface area contributed by atoms with Gasteiger partial charge < -0.3 is 114 Å². The number of ether oxygens (including phenoxy) is 8. The fourth-order valence-electron chi connectivity index (χ4n) is 16.2. The Kier molecular flexibility index (Phi) is 18.3. The fraction of sp³-hybridized carbons (Fsp3) is 0.962. The van der Waals surface area contributed by atoms with Gasteiger partial charge in [-0.05, 0) is 117 Å². The molecule has 440 valence electrons. The summed E-state index contributed by atoms with van der Waals surface area (Å²) >= 11 is 0. The van der Waals surface area contributed by atoms with Crippen LogP contribution in [0.2, 0.25) is 0 Å². The van der Waals surface area contributed by atoms with E-state index in [0.29, 0.717) is 51.4 Å². The summed E-state index contributed by atoms with van der Waals surface area (Å²) in [4.78, 5) is 0. The first-order valence-electron chi connectivity index (χ1n) is 27.4. The zero-order chi connectivity index (χ0) is 55.9. The van der Waals surface area contributed by atoms with Crippen molar-refractivity contribution in [3.8, 4) is 0 Å². The van der Waals surface area contributed by atoms with Gasteiger partial charge in [-0.1, -0.05) is 46.3 Å². The van der Waals surface area contributed by atoms with Crippen molar-refractivity contribution in [3.63, 3.8) is 0 Å². The Bertz CT molecular complexity index is 1980. The van der Waals surface area contributed by atoms with Crippen molar-refractivity contribution in [3.05, 3.63) is 11.6 Å².